The highest BCUT2D eigenvalue weighted by atomic mass is 16.3. The summed E-state index contributed by atoms with van der Waals surface area (Å²) in [4.78, 5) is 26.9. The van der Waals surface area contributed by atoms with Gasteiger partial charge in [-0.3, -0.25) is 9.59 Å². The van der Waals surface area contributed by atoms with E-state index in [1.807, 2.05) is 37.3 Å². The Labute approximate surface area is 187 Å². The van der Waals surface area contributed by atoms with Crippen molar-refractivity contribution in [3.63, 3.8) is 0 Å². The van der Waals surface area contributed by atoms with Gasteiger partial charge in [-0.15, -0.1) is 0 Å². The molecule has 31 heavy (non-hydrogen) atoms. The van der Waals surface area contributed by atoms with E-state index in [-0.39, 0.29) is 35.1 Å². The Kier molecular flexibility index (Phi) is 9.54. The second-order valence-corrected chi connectivity index (χ2v) is 8.68. The number of allylic oxidation sites excluding steroid dienone is 3. The third-order valence-electron chi connectivity index (χ3n) is 6.38. The number of unbranched alkanes of at least 4 members (excludes halogenated alkanes) is 3. The van der Waals surface area contributed by atoms with Crippen LogP contribution < -0.4 is 0 Å². The molecule has 0 aliphatic heterocycles. The first-order chi connectivity index (χ1) is 14.9. The SMILES string of the molecule is CCCCC1=C(O)C(CCCC)(CCCC)C(=O)C(C(=O)CCc2ccccc2)=C1O. The number of hydrogen-bond acceptors (Lipinski definition) is 4. The van der Waals surface area contributed by atoms with Gasteiger partial charge in [-0.1, -0.05) is 83.2 Å². The van der Waals surface area contributed by atoms with E-state index in [4.69, 9.17) is 0 Å². The zero-order valence-electron chi connectivity index (χ0n) is 19.4. The largest absolute Gasteiger partial charge is 0.511 e. The van der Waals surface area contributed by atoms with Gasteiger partial charge in [0.1, 0.15) is 17.1 Å². The second kappa shape index (κ2) is 11.9. The third-order valence-corrected chi connectivity index (χ3v) is 6.38. The summed E-state index contributed by atoms with van der Waals surface area (Å²) in [6, 6.07) is 9.68. The van der Waals surface area contributed by atoms with Gasteiger partial charge in [-0.2, -0.15) is 0 Å². The van der Waals surface area contributed by atoms with E-state index in [2.05, 4.69) is 13.8 Å². The highest BCUT2D eigenvalue weighted by molar-refractivity contribution is 6.24. The first-order valence-electron chi connectivity index (χ1n) is 11.9. The molecule has 1 aromatic rings. The van der Waals surface area contributed by atoms with Crippen LogP contribution in [-0.4, -0.2) is 21.8 Å². The predicted molar refractivity (Wildman–Crippen MR) is 125 cm³/mol. The van der Waals surface area contributed by atoms with Crippen LogP contribution in [0.5, 0.6) is 0 Å². The van der Waals surface area contributed by atoms with Gasteiger partial charge in [-0.05, 0) is 37.7 Å². The van der Waals surface area contributed by atoms with E-state index in [9.17, 15) is 19.8 Å². The van der Waals surface area contributed by atoms with Gasteiger partial charge in [0.2, 0.25) is 0 Å². The normalized spacial score (nSPS) is 16.2. The summed E-state index contributed by atoms with van der Waals surface area (Å²) in [6.07, 6.45) is 7.19. The number of benzene rings is 1. The van der Waals surface area contributed by atoms with Gasteiger partial charge in [-0.25, -0.2) is 0 Å². The molecular formula is C27H38O4. The molecule has 0 unspecified atom stereocenters. The number of rotatable bonds is 13. The minimum Gasteiger partial charge on any atom is -0.511 e. The molecule has 0 heterocycles. The Hall–Kier alpha value is -2.36. The van der Waals surface area contributed by atoms with Gasteiger partial charge in [0.05, 0.1) is 5.41 Å². The maximum Gasteiger partial charge on any atom is 0.183 e. The molecule has 1 aliphatic rings. The maximum absolute atomic E-state index is 13.7. The summed E-state index contributed by atoms with van der Waals surface area (Å²) in [7, 11) is 0. The Balaban J connectivity index is 2.46. The maximum atomic E-state index is 13.7. The molecule has 4 nitrogen and oxygen atoms in total. The van der Waals surface area contributed by atoms with Gasteiger partial charge in [0.25, 0.3) is 0 Å². The summed E-state index contributed by atoms with van der Waals surface area (Å²) in [5.41, 5.74) is 0.245. The molecule has 0 saturated heterocycles. The molecule has 0 amide bonds. The van der Waals surface area contributed by atoms with Crippen LogP contribution in [0.25, 0.3) is 0 Å². The molecule has 2 rings (SSSR count). The molecule has 4 heteroatoms. The van der Waals surface area contributed by atoms with E-state index in [1.165, 1.54) is 0 Å². The highest BCUT2D eigenvalue weighted by Gasteiger charge is 2.50. The number of Topliss-reactive ketones (excluding diaryl/α,β-unsaturated/α-hetero) is 2. The Morgan fingerprint density at radius 3 is 2.00 bits per heavy atom. The van der Waals surface area contributed by atoms with Crippen LogP contribution in [0.3, 0.4) is 0 Å². The van der Waals surface area contributed by atoms with Crippen LogP contribution in [-0.2, 0) is 16.0 Å². The first kappa shape index (κ1) is 24.9. The van der Waals surface area contributed by atoms with Crippen LogP contribution in [0.15, 0.2) is 53.0 Å². The van der Waals surface area contributed by atoms with E-state index in [0.29, 0.717) is 31.3 Å². The molecule has 1 aromatic carbocycles. The van der Waals surface area contributed by atoms with E-state index >= 15 is 0 Å². The molecule has 0 saturated carbocycles. The molecule has 0 bridgehead atoms. The highest BCUT2D eigenvalue weighted by Crippen LogP contribution is 2.47. The van der Waals surface area contributed by atoms with E-state index in [0.717, 1.165) is 44.1 Å². The molecule has 1 aliphatic carbocycles. The number of carbonyl (C=O) groups excluding carboxylic acids is 2. The third kappa shape index (κ3) is 5.66. The zero-order valence-corrected chi connectivity index (χ0v) is 19.4. The Morgan fingerprint density at radius 2 is 1.45 bits per heavy atom. The fraction of sp³-hybridized carbons (Fsp3) is 0.556. The molecule has 0 aromatic heterocycles. The van der Waals surface area contributed by atoms with Crippen LogP contribution >= 0.6 is 0 Å². The minimum atomic E-state index is -1.08. The van der Waals surface area contributed by atoms with Crippen LogP contribution in [0.1, 0.15) is 90.5 Å². The van der Waals surface area contributed by atoms with E-state index in [1.54, 1.807) is 0 Å². The summed E-state index contributed by atoms with van der Waals surface area (Å²) >= 11 is 0. The van der Waals surface area contributed by atoms with Crippen molar-refractivity contribution >= 4 is 11.6 Å². The number of aryl methyl sites for hydroxylation is 1. The second-order valence-electron chi connectivity index (χ2n) is 8.68. The summed E-state index contributed by atoms with van der Waals surface area (Å²) in [5, 5.41) is 22.2. The van der Waals surface area contributed by atoms with Crippen LogP contribution in [0.2, 0.25) is 0 Å². The molecular weight excluding hydrogens is 388 g/mol. The lowest BCUT2D eigenvalue weighted by molar-refractivity contribution is -0.129. The average Bonchev–Trinajstić information content (AvgIpc) is 2.78. The lowest BCUT2D eigenvalue weighted by Crippen LogP contribution is -2.41. The first-order valence-corrected chi connectivity index (χ1v) is 11.9. The summed E-state index contributed by atoms with van der Waals surface area (Å²) < 4.78 is 0. The lowest BCUT2D eigenvalue weighted by Gasteiger charge is -2.37. The topological polar surface area (TPSA) is 74.6 Å². The van der Waals surface area contributed by atoms with Gasteiger partial charge in [0.15, 0.2) is 11.6 Å². The van der Waals surface area contributed by atoms with Crippen molar-refractivity contribution in [2.45, 2.75) is 91.4 Å². The van der Waals surface area contributed by atoms with Crippen molar-refractivity contribution in [1.29, 1.82) is 0 Å². The van der Waals surface area contributed by atoms with Crippen LogP contribution in [0, 0.1) is 5.41 Å². The lowest BCUT2D eigenvalue weighted by atomic mass is 9.65. The van der Waals surface area contributed by atoms with Crippen molar-refractivity contribution < 1.29 is 19.8 Å². The molecule has 0 radical (unpaired) electrons. The number of hydrogen-bond donors (Lipinski definition) is 2. The van der Waals surface area contributed by atoms with Crippen molar-refractivity contribution in [3.05, 3.63) is 58.6 Å². The van der Waals surface area contributed by atoms with Crippen molar-refractivity contribution in [1.82, 2.24) is 0 Å². The van der Waals surface area contributed by atoms with Crippen LogP contribution in [0.4, 0.5) is 0 Å². The molecule has 0 atom stereocenters. The van der Waals surface area contributed by atoms with E-state index < -0.39 is 5.41 Å². The van der Waals surface area contributed by atoms with Gasteiger partial charge >= 0.3 is 0 Å². The summed E-state index contributed by atoms with van der Waals surface area (Å²) in [6.45, 7) is 6.15. The van der Waals surface area contributed by atoms with Crippen molar-refractivity contribution in [2.24, 2.45) is 5.41 Å². The van der Waals surface area contributed by atoms with Crippen molar-refractivity contribution in [3.8, 4) is 0 Å². The fourth-order valence-electron chi connectivity index (χ4n) is 4.43. The standard InChI is InChI=1S/C27H38O4/c1-4-7-15-21-24(29)23(22(28)17-16-20-13-11-10-12-14-20)26(31)27(25(21)30,18-8-5-2)19-9-6-3/h10-14,29-30H,4-9,15-19H2,1-3H3. The number of aliphatic hydroxyl groups excluding tert-OH is 2. The summed E-state index contributed by atoms with van der Waals surface area (Å²) in [5.74, 6) is -1.00. The molecule has 0 spiro atoms. The quantitative estimate of drug-likeness (QED) is 0.335. The average molecular weight is 427 g/mol. The molecule has 170 valence electrons. The van der Waals surface area contributed by atoms with Crippen molar-refractivity contribution in [2.75, 3.05) is 0 Å². The number of ketones is 2. The fourth-order valence-corrected chi connectivity index (χ4v) is 4.43. The Morgan fingerprint density at radius 1 is 0.871 bits per heavy atom. The molecule has 2 N–H and O–H groups in total. The zero-order chi connectivity index (χ0) is 22.9. The Bertz CT molecular complexity index is 809. The van der Waals surface area contributed by atoms with Gasteiger partial charge in [0, 0.05) is 12.0 Å². The predicted octanol–water partition coefficient (Wildman–Crippen LogP) is 6.95. The smallest absolute Gasteiger partial charge is 0.183 e. The minimum absolute atomic E-state index is 0.00459. The number of carbonyl (C=O) groups is 2. The van der Waals surface area contributed by atoms with Gasteiger partial charge < -0.3 is 10.2 Å². The molecule has 0 fully saturated rings. The monoisotopic (exact) mass is 426 g/mol. The number of aliphatic hydroxyl groups is 2.